The second-order valence-electron chi connectivity index (χ2n) is 7.13. The van der Waals surface area contributed by atoms with Crippen LogP contribution in [0, 0.1) is 6.92 Å². The van der Waals surface area contributed by atoms with Crippen LogP contribution < -0.4 is 20.3 Å². The summed E-state index contributed by atoms with van der Waals surface area (Å²) in [6, 6.07) is 8.58. The third-order valence-electron chi connectivity index (χ3n) is 5.11. The van der Waals surface area contributed by atoms with Gasteiger partial charge < -0.3 is 20.3 Å². The lowest BCUT2D eigenvalue weighted by molar-refractivity contribution is 0.415. The van der Waals surface area contributed by atoms with Crippen LogP contribution in [-0.4, -0.2) is 55.5 Å². The summed E-state index contributed by atoms with van der Waals surface area (Å²) in [7, 11) is 1.73. The normalized spacial score (nSPS) is 17.0. The molecule has 0 spiro atoms. The van der Waals surface area contributed by atoms with Crippen molar-refractivity contribution in [3.05, 3.63) is 41.7 Å². The van der Waals surface area contributed by atoms with Gasteiger partial charge in [-0.05, 0) is 50.8 Å². The fourth-order valence-corrected chi connectivity index (χ4v) is 3.59. The van der Waals surface area contributed by atoms with Crippen molar-refractivity contribution < 1.29 is 4.74 Å². The molecule has 3 N–H and O–H groups in total. The molecule has 1 saturated heterocycles. The zero-order chi connectivity index (χ0) is 19.8. The van der Waals surface area contributed by atoms with Crippen LogP contribution in [0.15, 0.2) is 35.5 Å². The van der Waals surface area contributed by atoms with Crippen molar-refractivity contribution in [2.75, 3.05) is 38.2 Å². The summed E-state index contributed by atoms with van der Waals surface area (Å²) in [5.41, 5.74) is 3.58. The van der Waals surface area contributed by atoms with Crippen LogP contribution in [0.3, 0.4) is 0 Å². The quantitative estimate of drug-likeness (QED) is 0.370. The van der Waals surface area contributed by atoms with Gasteiger partial charge in [0.15, 0.2) is 5.96 Å². The summed E-state index contributed by atoms with van der Waals surface area (Å²) in [5.74, 6) is 1.83. The lowest BCUT2D eigenvalue weighted by atomic mass is 10.1. The van der Waals surface area contributed by atoms with Crippen LogP contribution >= 0.6 is 0 Å². The van der Waals surface area contributed by atoms with E-state index in [2.05, 4.69) is 51.7 Å². The number of hydrogen-bond acceptors (Lipinski definition) is 4. The van der Waals surface area contributed by atoms with Crippen LogP contribution in [0.25, 0.3) is 0 Å². The van der Waals surface area contributed by atoms with E-state index >= 15 is 0 Å². The SMILES string of the molecule is CCNC(=NCCCc1cn[nH]c1C)NC1CCN(c2ccccc2OC)C1. The standard InChI is InChI=1S/C21H32N6O/c1-4-22-21(23-12-7-8-17-14-24-26-16(17)2)25-18-11-13-27(15-18)19-9-5-6-10-20(19)28-3/h5-6,9-10,14,18H,4,7-8,11-13,15H2,1-3H3,(H,24,26)(H2,22,23,25). The molecule has 0 amide bonds. The first kappa shape index (κ1) is 20.0. The van der Waals surface area contributed by atoms with E-state index in [1.165, 1.54) is 5.56 Å². The summed E-state index contributed by atoms with van der Waals surface area (Å²) >= 11 is 0. The van der Waals surface area contributed by atoms with Gasteiger partial charge in [-0.3, -0.25) is 10.1 Å². The van der Waals surface area contributed by atoms with Gasteiger partial charge in [0.05, 0.1) is 19.0 Å². The molecule has 2 heterocycles. The Morgan fingerprint density at radius 2 is 2.25 bits per heavy atom. The van der Waals surface area contributed by atoms with Crippen molar-refractivity contribution in [1.82, 2.24) is 20.8 Å². The van der Waals surface area contributed by atoms with Gasteiger partial charge in [-0.2, -0.15) is 5.10 Å². The maximum Gasteiger partial charge on any atom is 0.191 e. The predicted octanol–water partition coefficient (Wildman–Crippen LogP) is 2.49. The van der Waals surface area contributed by atoms with Gasteiger partial charge in [0.2, 0.25) is 0 Å². The highest BCUT2D eigenvalue weighted by atomic mass is 16.5. The first-order valence-corrected chi connectivity index (χ1v) is 10.1. The van der Waals surface area contributed by atoms with E-state index in [1.807, 2.05) is 18.3 Å². The predicted molar refractivity (Wildman–Crippen MR) is 114 cm³/mol. The number of aryl methyl sites for hydroxylation is 2. The number of nitrogens with zero attached hydrogens (tertiary/aromatic N) is 3. The van der Waals surface area contributed by atoms with E-state index in [9.17, 15) is 0 Å². The number of benzene rings is 1. The Balaban J connectivity index is 1.52. The van der Waals surface area contributed by atoms with Crippen molar-refractivity contribution in [1.29, 1.82) is 0 Å². The number of aliphatic imine (C=N–C) groups is 1. The Morgan fingerprint density at radius 1 is 1.39 bits per heavy atom. The van der Waals surface area contributed by atoms with Crippen LogP contribution in [0.4, 0.5) is 5.69 Å². The Morgan fingerprint density at radius 3 is 3.00 bits per heavy atom. The lowest BCUT2D eigenvalue weighted by Crippen LogP contribution is -2.44. The average Bonchev–Trinajstić information content (AvgIpc) is 3.34. The minimum absolute atomic E-state index is 0.374. The number of methoxy groups -OCH3 is 1. The second-order valence-corrected chi connectivity index (χ2v) is 7.13. The maximum absolute atomic E-state index is 5.51. The first-order chi connectivity index (χ1) is 13.7. The Bertz CT molecular complexity index is 772. The molecule has 0 aliphatic carbocycles. The molecule has 1 aromatic heterocycles. The van der Waals surface area contributed by atoms with Crippen LogP contribution in [0.5, 0.6) is 5.75 Å². The molecular formula is C21H32N6O. The number of aromatic nitrogens is 2. The maximum atomic E-state index is 5.51. The third kappa shape index (κ3) is 5.18. The number of aromatic amines is 1. The molecule has 1 aliphatic rings. The molecule has 152 valence electrons. The van der Waals surface area contributed by atoms with Gasteiger partial charge >= 0.3 is 0 Å². The minimum atomic E-state index is 0.374. The van der Waals surface area contributed by atoms with E-state index in [1.54, 1.807) is 7.11 Å². The van der Waals surface area contributed by atoms with Gasteiger partial charge in [-0.1, -0.05) is 12.1 Å². The molecule has 7 heteroatoms. The van der Waals surface area contributed by atoms with Crippen LogP contribution in [0.1, 0.15) is 31.0 Å². The number of hydrogen-bond donors (Lipinski definition) is 3. The highest BCUT2D eigenvalue weighted by Gasteiger charge is 2.25. The molecule has 1 fully saturated rings. The lowest BCUT2D eigenvalue weighted by Gasteiger charge is -2.22. The van der Waals surface area contributed by atoms with Gasteiger partial charge in [0, 0.05) is 37.9 Å². The summed E-state index contributed by atoms with van der Waals surface area (Å²) in [6.07, 6.45) is 5.00. The fraction of sp³-hybridized carbons (Fsp3) is 0.524. The zero-order valence-electron chi connectivity index (χ0n) is 17.2. The largest absolute Gasteiger partial charge is 0.495 e. The van der Waals surface area contributed by atoms with Gasteiger partial charge in [-0.15, -0.1) is 0 Å². The molecule has 2 aromatic rings. The molecule has 1 atom stereocenters. The monoisotopic (exact) mass is 384 g/mol. The van der Waals surface area contributed by atoms with Crippen LogP contribution in [-0.2, 0) is 6.42 Å². The van der Waals surface area contributed by atoms with Crippen molar-refractivity contribution in [3.8, 4) is 5.75 Å². The van der Waals surface area contributed by atoms with Crippen molar-refractivity contribution in [2.24, 2.45) is 4.99 Å². The van der Waals surface area contributed by atoms with E-state index < -0.39 is 0 Å². The van der Waals surface area contributed by atoms with Crippen LogP contribution in [0.2, 0.25) is 0 Å². The second kappa shape index (κ2) is 10.0. The third-order valence-corrected chi connectivity index (χ3v) is 5.11. The highest BCUT2D eigenvalue weighted by Crippen LogP contribution is 2.30. The smallest absolute Gasteiger partial charge is 0.191 e. The number of H-pyrrole nitrogens is 1. The average molecular weight is 385 g/mol. The van der Waals surface area contributed by atoms with Gasteiger partial charge in [0.1, 0.15) is 5.75 Å². The number of guanidine groups is 1. The summed E-state index contributed by atoms with van der Waals surface area (Å²) < 4.78 is 5.51. The Hall–Kier alpha value is -2.70. The number of rotatable bonds is 8. The topological polar surface area (TPSA) is 77.6 Å². The summed E-state index contributed by atoms with van der Waals surface area (Å²) in [6.45, 7) is 7.77. The minimum Gasteiger partial charge on any atom is -0.495 e. The Kier molecular flexibility index (Phi) is 7.17. The summed E-state index contributed by atoms with van der Waals surface area (Å²) in [5, 5.41) is 14.0. The highest BCUT2D eigenvalue weighted by molar-refractivity contribution is 5.80. The van der Waals surface area contributed by atoms with Crippen molar-refractivity contribution in [2.45, 2.75) is 39.2 Å². The van der Waals surface area contributed by atoms with E-state index in [0.717, 1.165) is 68.5 Å². The molecule has 0 radical (unpaired) electrons. The molecule has 0 saturated carbocycles. The molecule has 1 aromatic carbocycles. The number of anilines is 1. The van der Waals surface area contributed by atoms with E-state index in [4.69, 9.17) is 9.73 Å². The van der Waals surface area contributed by atoms with E-state index in [0.29, 0.717) is 6.04 Å². The molecule has 7 nitrogen and oxygen atoms in total. The number of para-hydroxylation sites is 2. The van der Waals surface area contributed by atoms with Gasteiger partial charge in [0.25, 0.3) is 0 Å². The molecule has 1 aliphatic heterocycles. The van der Waals surface area contributed by atoms with E-state index in [-0.39, 0.29) is 0 Å². The fourth-order valence-electron chi connectivity index (χ4n) is 3.59. The molecular weight excluding hydrogens is 352 g/mol. The molecule has 28 heavy (non-hydrogen) atoms. The van der Waals surface area contributed by atoms with Crippen molar-refractivity contribution >= 4 is 11.6 Å². The molecule has 1 unspecified atom stereocenters. The van der Waals surface area contributed by atoms with Crippen molar-refractivity contribution in [3.63, 3.8) is 0 Å². The first-order valence-electron chi connectivity index (χ1n) is 10.1. The number of ether oxygens (including phenoxy) is 1. The Labute approximate surface area is 167 Å². The summed E-state index contributed by atoms with van der Waals surface area (Å²) in [4.78, 5) is 7.13. The zero-order valence-corrected chi connectivity index (χ0v) is 17.2. The molecule has 0 bridgehead atoms. The number of nitrogens with one attached hydrogen (secondary N) is 3. The molecule has 3 rings (SSSR count). The van der Waals surface area contributed by atoms with Gasteiger partial charge in [-0.25, -0.2) is 0 Å².